The first-order valence-electron chi connectivity index (χ1n) is 9.52. The van der Waals surface area contributed by atoms with Crippen LogP contribution < -0.4 is 14.8 Å². The Balaban J connectivity index is 1.58. The molecule has 0 unspecified atom stereocenters. The highest BCUT2D eigenvalue weighted by atomic mass is 32.2. The van der Waals surface area contributed by atoms with Crippen LogP contribution in [0.5, 0.6) is 17.4 Å². The second-order valence-corrected chi connectivity index (χ2v) is 9.11. The number of hydrogen-bond acceptors (Lipinski definition) is 6. The average Bonchev–Trinajstić information content (AvgIpc) is 3.03. The zero-order valence-corrected chi connectivity index (χ0v) is 17.9. The number of hydrogen-bond donors (Lipinski definition) is 1. The number of carbonyl (C=O) groups is 1. The maximum atomic E-state index is 13.5. The lowest BCUT2D eigenvalue weighted by molar-refractivity contribution is 0.0802. The molecule has 1 aromatic carbocycles. The molecule has 0 atom stereocenters. The predicted molar refractivity (Wildman–Crippen MR) is 110 cm³/mol. The summed E-state index contributed by atoms with van der Waals surface area (Å²) in [6, 6.07) is 5.66. The van der Waals surface area contributed by atoms with Crippen LogP contribution in [0.15, 0.2) is 30.5 Å². The normalized spacial score (nSPS) is 20.2. The molecule has 3 aromatic rings. The first kappa shape index (κ1) is 22.1. The lowest BCUT2D eigenvalue weighted by Gasteiger charge is -2.37. The first-order chi connectivity index (χ1) is 15.1. The molecule has 0 radical (unpaired) electrons. The van der Waals surface area contributed by atoms with Crippen LogP contribution in [-0.2, 0) is 17.8 Å². The van der Waals surface area contributed by atoms with E-state index in [2.05, 4.69) is 15.3 Å². The molecule has 8 nitrogen and oxygen atoms in total. The number of aryl methyl sites for hydroxylation is 1. The van der Waals surface area contributed by atoms with Crippen molar-refractivity contribution >= 4 is 27.7 Å². The van der Waals surface area contributed by atoms with E-state index in [1.807, 2.05) is 6.92 Å². The van der Waals surface area contributed by atoms with Crippen molar-refractivity contribution in [2.45, 2.75) is 18.9 Å². The van der Waals surface area contributed by atoms with Gasteiger partial charge in [0.25, 0.3) is 18.2 Å². The van der Waals surface area contributed by atoms with Crippen molar-refractivity contribution in [2.75, 3.05) is 18.1 Å². The highest BCUT2D eigenvalue weighted by molar-refractivity contribution is 7.86. The van der Waals surface area contributed by atoms with E-state index >= 15 is 0 Å². The van der Waals surface area contributed by atoms with Gasteiger partial charge >= 0.3 is 0 Å². The molecular weight excluding hydrogens is 449 g/mol. The van der Waals surface area contributed by atoms with Gasteiger partial charge in [-0.1, -0.05) is 0 Å². The van der Waals surface area contributed by atoms with Gasteiger partial charge in [0.2, 0.25) is 0 Å². The summed E-state index contributed by atoms with van der Waals surface area (Å²) in [6.45, 7) is 0.886. The second-order valence-electron chi connectivity index (χ2n) is 7.65. The van der Waals surface area contributed by atoms with Gasteiger partial charge in [-0.05, 0) is 19.1 Å². The first-order valence-corrected chi connectivity index (χ1v) is 11.0. The van der Waals surface area contributed by atoms with Gasteiger partial charge in [0.1, 0.15) is 18.2 Å². The molecule has 1 saturated heterocycles. The van der Waals surface area contributed by atoms with Gasteiger partial charge in [0, 0.05) is 41.5 Å². The summed E-state index contributed by atoms with van der Waals surface area (Å²) in [5.41, 5.74) is 0.553. The lowest BCUT2D eigenvalue weighted by atomic mass is 10.1. The standard InChI is InChI=1S/C20H19F3N4O4S/c1-20(9-32(29)10-20)26-18(28)17-25-13-4-3-12(6-14(13)27(17)2)31-19-15(30-8-16(22)23)5-11(21)7-24-19/h3-7,16H,8-10H2,1-2H3,(H,26,28). The minimum atomic E-state index is -2.75. The van der Waals surface area contributed by atoms with E-state index < -0.39 is 41.1 Å². The molecule has 1 fully saturated rings. The summed E-state index contributed by atoms with van der Waals surface area (Å²) in [5, 5.41) is 2.86. The van der Waals surface area contributed by atoms with Crippen LogP contribution in [0.3, 0.4) is 0 Å². The number of fused-ring (bicyclic) bond motifs is 1. The molecule has 0 aliphatic carbocycles. The maximum absolute atomic E-state index is 13.5. The van der Waals surface area contributed by atoms with E-state index in [0.717, 1.165) is 12.3 Å². The zero-order valence-electron chi connectivity index (χ0n) is 17.1. The number of benzene rings is 1. The number of imidazole rings is 1. The van der Waals surface area contributed by atoms with E-state index in [1.165, 1.54) is 0 Å². The topological polar surface area (TPSA) is 95.3 Å². The molecular formula is C20H19F3N4O4S. The summed E-state index contributed by atoms with van der Waals surface area (Å²) in [7, 11) is 0.731. The van der Waals surface area contributed by atoms with Crippen molar-refractivity contribution in [1.82, 2.24) is 19.9 Å². The van der Waals surface area contributed by atoms with E-state index in [9.17, 15) is 22.2 Å². The molecule has 12 heteroatoms. The third-order valence-electron chi connectivity index (χ3n) is 4.79. The third-order valence-corrected chi connectivity index (χ3v) is 6.71. The number of ether oxygens (including phenoxy) is 2. The molecule has 3 heterocycles. The minimum absolute atomic E-state index is 0.164. The van der Waals surface area contributed by atoms with Gasteiger partial charge in [-0.2, -0.15) is 0 Å². The lowest BCUT2D eigenvalue weighted by Crippen LogP contribution is -2.61. The van der Waals surface area contributed by atoms with Gasteiger partial charge < -0.3 is 19.4 Å². The van der Waals surface area contributed by atoms with Crippen molar-refractivity contribution in [1.29, 1.82) is 0 Å². The third kappa shape index (κ3) is 4.54. The molecule has 0 spiro atoms. The number of alkyl halides is 2. The van der Waals surface area contributed by atoms with Crippen molar-refractivity contribution in [3.05, 3.63) is 42.1 Å². The molecule has 2 aromatic heterocycles. The van der Waals surface area contributed by atoms with Crippen LogP contribution in [0.1, 0.15) is 17.5 Å². The molecule has 0 bridgehead atoms. The van der Waals surface area contributed by atoms with Gasteiger partial charge in [-0.3, -0.25) is 9.00 Å². The van der Waals surface area contributed by atoms with Crippen LogP contribution in [-0.4, -0.2) is 54.7 Å². The molecule has 4 rings (SSSR count). The van der Waals surface area contributed by atoms with Crippen LogP contribution >= 0.6 is 0 Å². The highest BCUT2D eigenvalue weighted by Gasteiger charge is 2.40. The Labute approximate surface area is 183 Å². The number of nitrogens with zero attached hydrogens (tertiary/aromatic N) is 3. The van der Waals surface area contributed by atoms with Crippen molar-refractivity contribution in [2.24, 2.45) is 7.05 Å². The van der Waals surface area contributed by atoms with Crippen LogP contribution in [0.2, 0.25) is 0 Å². The van der Waals surface area contributed by atoms with Crippen molar-refractivity contribution in [3.8, 4) is 17.4 Å². The Morgan fingerprint density at radius 1 is 1.34 bits per heavy atom. The number of aromatic nitrogens is 3. The van der Waals surface area contributed by atoms with Gasteiger partial charge in [0.15, 0.2) is 11.6 Å². The maximum Gasteiger partial charge on any atom is 0.287 e. The number of carbonyl (C=O) groups excluding carboxylic acids is 1. The molecule has 1 aliphatic rings. The largest absolute Gasteiger partial charge is 0.482 e. The Morgan fingerprint density at radius 2 is 2.09 bits per heavy atom. The quantitative estimate of drug-likeness (QED) is 0.573. The number of amides is 1. The molecule has 1 aliphatic heterocycles. The van der Waals surface area contributed by atoms with E-state index in [1.54, 1.807) is 29.8 Å². The number of halogens is 3. The predicted octanol–water partition coefficient (Wildman–Crippen LogP) is 2.79. The molecule has 32 heavy (non-hydrogen) atoms. The van der Waals surface area contributed by atoms with Gasteiger partial charge in [-0.15, -0.1) is 0 Å². The summed E-state index contributed by atoms with van der Waals surface area (Å²) in [5.74, 6) is -0.398. The van der Waals surface area contributed by atoms with Crippen molar-refractivity contribution < 1.29 is 31.6 Å². The Hall–Kier alpha value is -3.15. The Bertz CT molecular complexity index is 1210. The smallest absolute Gasteiger partial charge is 0.287 e. The molecule has 1 amide bonds. The van der Waals surface area contributed by atoms with Gasteiger partial charge in [0.05, 0.1) is 22.8 Å². The molecule has 170 valence electrons. The highest BCUT2D eigenvalue weighted by Crippen LogP contribution is 2.32. The minimum Gasteiger partial charge on any atom is -0.482 e. The van der Waals surface area contributed by atoms with Crippen LogP contribution in [0.4, 0.5) is 13.2 Å². The number of pyridine rings is 1. The van der Waals surface area contributed by atoms with Crippen LogP contribution in [0, 0.1) is 5.82 Å². The fourth-order valence-electron chi connectivity index (χ4n) is 3.36. The Morgan fingerprint density at radius 3 is 2.78 bits per heavy atom. The fraction of sp³-hybridized carbons (Fsp3) is 0.350. The van der Waals surface area contributed by atoms with Gasteiger partial charge in [-0.25, -0.2) is 23.1 Å². The monoisotopic (exact) mass is 468 g/mol. The zero-order chi connectivity index (χ0) is 23.0. The summed E-state index contributed by atoms with van der Waals surface area (Å²) in [6.07, 6.45) is -1.87. The van der Waals surface area contributed by atoms with Crippen LogP contribution in [0.25, 0.3) is 11.0 Å². The average molecular weight is 468 g/mol. The van der Waals surface area contributed by atoms with E-state index in [-0.39, 0.29) is 23.2 Å². The van der Waals surface area contributed by atoms with Crippen molar-refractivity contribution in [3.63, 3.8) is 0 Å². The molecule has 0 saturated carbocycles. The fourth-order valence-corrected chi connectivity index (χ4v) is 4.84. The van der Waals surface area contributed by atoms with E-state index in [4.69, 9.17) is 9.47 Å². The van der Waals surface area contributed by atoms with E-state index in [0.29, 0.717) is 22.5 Å². The number of nitrogens with one attached hydrogen (secondary N) is 1. The summed E-state index contributed by atoms with van der Waals surface area (Å²) in [4.78, 5) is 20.8. The molecule has 1 N–H and O–H groups in total. The summed E-state index contributed by atoms with van der Waals surface area (Å²) >= 11 is 0. The number of rotatable bonds is 7. The SMILES string of the molecule is Cn1c(C(=O)NC2(C)CS(=O)C2)nc2ccc(Oc3ncc(F)cc3OCC(F)F)cc21. The Kier molecular flexibility index (Phi) is 5.80. The summed E-state index contributed by atoms with van der Waals surface area (Å²) < 4.78 is 61.9. The second kappa shape index (κ2) is 8.41.